The first-order valence-corrected chi connectivity index (χ1v) is 7.94. The van der Waals surface area contributed by atoms with Gasteiger partial charge in [-0.2, -0.15) is 8.42 Å². The fourth-order valence-electron chi connectivity index (χ4n) is 1.75. The first kappa shape index (κ1) is 16.1. The molecular formula is C14H23NO3S. The minimum Gasteiger partial charge on any atom is -0.316 e. The van der Waals surface area contributed by atoms with E-state index in [0.717, 1.165) is 31.5 Å². The van der Waals surface area contributed by atoms with Crippen molar-refractivity contribution in [3.05, 3.63) is 35.3 Å². The van der Waals surface area contributed by atoms with Crippen molar-refractivity contribution in [1.29, 1.82) is 0 Å². The van der Waals surface area contributed by atoms with Crippen LogP contribution in [0.1, 0.15) is 26.7 Å². The Bertz CT molecular complexity index is 457. The second-order valence-electron chi connectivity index (χ2n) is 4.84. The van der Waals surface area contributed by atoms with Crippen LogP contribution in [0.3, 0.4) is 0 Å². The number of nitrogens with one attached hydrogen (secondary N) is 1. The summed E-state index contributed by atoms with van der Waals surface area (Å²) >= 11 is 0. The van der Waals surface area contributed by atoms with Crippen molar-refractivity contribution in [2.75, 3.05) is 19.7 Å². The maximum absolute atomic E-state index is 11.9. The standard InChI is InChI=1S/C14H23NO3S/c1-4-12(2)7-8-13(3)19(16,17)18-11-14-6-5-9-15-10-14/h4,7-8,14-15H,1,5-6,9-11H2,2-3H3/b12-7-,13-8+. The molecular weight excluding hydrogens is 262 g/mol. The monoisotopic (exact) mass is 285 g/mol. The van der Waals surface area contributed by atoms with Gasteiger partial charge >= 0.3 is 0 Å². The van der Waals surface area contributed by atoms with Gasteiger partial charge in [0.05, 0.1) is 11.5 Å². The summed E-state index contributed by atoms with van der Waals surface area (Å²) in [6.07, 6.45) is 7.02. The molecule has 0 aromatic rings. The molecule has 1 fully saturated rings. The molecule has 0 amide bonds. The summed E-state index contributed by atoms with van der Waals surface area (Å²) < 4.78 is 28.9. The Morgan fingerprint density at radius 1 is 1.42 bits per heavy atom. The molecule has 0 spiro atoms. The van der Waals surface area contributed by atoms with Gasteiger partial charge in [0.1, 0.15) is 0 Å². The van der Waals surface area contributed by atoms with Crippen molar-refractivity contribution in [3.63, 3.8) is 0 Å². The molecule has 1 atom stereocenters. The van der Waals surface area contributed by atoms with Gasteiger partial charge in [-0.15, -0.1) is 0 Å². The van der Waals surface area contributed by atoms with Crippen molar-refractivity contribution in [2.45, 2.75) is 26.7 Å². The lowest BCUT2D eigenvalue weighted by Crippen LogP contribution is -2.32. The zero-order valence-electron chi connectivity index (χ0n) is 11.7. The highest BCUT2D eigenvalue weighted by atomic mass is 32.2. The van der Waals surface area contributed by atoms with Gasteiger partial charge in [-0.1, -0.05) is 24.3 Å². The van der Waals surface area contributed by atoms with Crippen LogP contribution >= 0.6 is 0 Å². The van der Waals surface area contributed by atoms with Gasteiger partial charge in [-0.3, -0.25) is 4.18 Å². The summed E-state index contributed by atoms with van der Waals surface area (Å²) in [5.41, 5.74) is 0.908. The Morgan fingerprint density at radius 2 is 2.16 bits per heavy atom. The fourth-order valence-corrected chi connectivity index (χ4v) is 2.54. The Hall–Kier alpha value is -0.910. The number of piperidine rings is 1. The summed E-state index contributed by atoms with van der Waals surface area (Å²) in [4.78, 5) is 0.220. The maximum atomic E-state index is 11.9. The predicted octanol–water partition coefficient (Wildman–Crippen LogP) is 2.37. The van der Waals surface area contributed by atoms with Gasteiger partial charge in [0.25, 0.3) is 10.1 Å². The maximum Gasteiger partial charge on any atom is 0.292 e. The second kappa shape index (κ2) is 7.62. The lowest BCUT2D eigenvalue weighted by Gasteiger charge is -2.22. The molecule has 0 radical (unpaired) electrons. The smallest absolute Gasteiger partial charge is 0.292 e. The van der Waals surface area contributed by atoms with E-state index in [-0.39, 0.29) is 17.4 Å². The molecule has 19 heavy (non-hydrogen) atoms. The molecule has 1 aliphatic heterocycles. The number of hydrogen-bond acceptors (Lipinski definition) is 4. The zero-order chi connectivity index (χ0) is 14.3. The zero-order valence-corrected chi connectivity index (χ0v) is 12.5. The Labute approximate surface area is 116 Å². The van der Waals surface area contributed by atoms with E-state index in [0.29, 0.717) is 0 Å². The molecule has 0 aliphatic carbocycles. The predicted molar refractivity (Wildman–Crippen MR) is 78.2 cm³/mol. The Kier molecular flexibility index (Phi) is 6.48. The van der Waals surface area contributed by atoms with Crippen LogP contribution in [0.25, 0.3) is 0 Å². The van der Waals surface area contributed by atoms with Gasteiger partial charge in [0.15, 0.2) is 0 Å². The molecule has 5 heteroatoms. The fraction of sp³-hybridized carbons (Fsp3) is 0.571. The van der Waals surface area contributed by atoms with E-state index in [2.05, 4.69) is 11.9 Å². The highest BCUT2D eigenvalue weighted by Crippen LogP contribution is 2.15. The van der Waals surface area contributed by atoms with Gasteiger partial charge in [-0.05, 0) is 45.2 Å². The summed E-state index contributed by atoms with van der Waals surface area (Å²) in [5, 5.41) is 3.24. The summed E-state index contributed by atoms with van der Waals surface area (Å²) in [7, 11) is -3.61. The van der Waals surface area contributed by atoms with Crippen LogP contribution < -0.4 is 5.32 Å². The Morgan fingerprint density at radius 3 is 2.74 bits per heavy atom. The number of hydrogen-bond donors (Lipinski definition) is 1. The molecule has 1 heterocycles. The molecule has 1 unspecified atom stereocenters. The Balaban J connectivity index is 2.57. The van der Waals surface area contributed by atoms with Gasteiger partial charge in [-0.25, -0.2) is 0 Å². The SMILES string of the molecule is C=C/C(C)=C\C=C(/C)S(=O)(=O)OCC1CCCNC1. The first-order valence-electron chi connectivity index (χ1n) is 6.53. The molecule has 1 saturated heterocycles. The minimum atomic E-state index is -3.61. The lowest BCUT2D eigenvalue weighted by atomic mass is 10.0. The van der Waals surface area contributed by atoms with Crippen LogP contribution in [0.15, 0.2) is 35.3 Å². The van der Waals surface area contributed by atoms with Gasteiger partial charge in [0.2, 0.25) is 0 Å². The average Bonchev–Trinajstić information content (AvgIpc) is 2.43. The van der Waals surface area contributed by atoms with E-state index >= 15 is 0 Å². The molecule has 1 rings (SSSR count). The molecule has 1 N–H and O–H groups in total. The summed E-state index contributed by atoms with van der Waals surface area (Å²) in [6.45, 7) is 9.10. The van der Waals surface area contributed by atoms with Gasteiger partial charge < -0.3 is 5.32 Å². The normalized spacial score (nSPS) is 22.3. The third kappa shape index (κ3) is 5.72. The molecule has 0 aromatic heterocycles. The molecule has 0 bridgehead atoms. The average molecular weight is 285 g/mol. The van der Waals surface area contributed by atoms with Crippen molar-refractivity contribution in [1.82, 2.24) is 5.32 Å². The van der Waals surface area contributed by atoms with E-state index < -0.39 is 10.1 Å². The van der Waals surface area contributed by atoms with E-state index in [9.17, 15) is 8.42 Å². The lowest BCUT2D eigenvalue weighted by molar-refractivity contribution is 0.225. The third-order valence-corrected chi connectivity index (χ3v) is 4.53. The summed E-state index contributed by atoms with van der Waals surface area (Å²) in [6, 6.07) is 0. The van der Waals surface area contributed by atoms with Gasteiger partial charge in [0, 0.05) is 6.54 Å². The van der Waals surface area contributed by atoms with E-state index in [1.807, 2.05) is 6.92 Å². The van der Waals surface area contributed by atoms with Crippen LogP contribution in [0.2, 0.25) is 0 Å². The van der Waals surface area contributed by atoms with Crippen molar-refractivity contribution < 1.29 is 12.6 Å². The minimum absolute atomic E-state index is 0.220. The van der Waals surface area contributed by atoms with Crippen LogP contribution in [0.4, 0.5) is 0 Å². The van der Waals surface area contributed by atoms with Crippen LogP contribution in [-0.2, 0) is 14.3 Å². The van der Waals surface area contributed by atoms with E-state index in [4.69, 9.17) is 4.18 Å². The van der Waals surface area contributed by atoms with Crippen LogP contribution in [0.5, 0.6) is 0 Å². The first-order chi connectivity index (χ1) is 8.95. The second-order valence-corrected chi connectivity index (χ2v) is 6.63. The molecule has 1 aliphatic rings. The largest absolute Gasteiger partial charge is 0.316 e. The quantitative estimate of drug-likeness (QED) is 0.601. The third-order valence-electron chi connectivity index (χ3n) is 3.16. The number of allylic oxidation sites excluding steroid dienone is 5. The van der Waals surface area contributed by atoms with Crippen LogP contribution in [-0.4, -0.2) is 28.1 Å². The molecule has 108 valence electrons. The van der Waals surface area contributed by atoms with Crippen LogP contribution in [0, 0.1) is 5.92 Å². The molecule has 0 aromatic carbocycles. The van der Waals surface area contributed by atoms with Crippen molar-refractivity contribution in [2.24, 2.45) is 5.92 Å². The number of rotatable bonds is 6. The highest BCUT2D eigenvalue weighted by Gasteiger charge is 2.19. The topological polar surface area (TPSA) is 55.4 Å². The van der Waals surface area contributed by atoms with E-state index in [1.165, 1.54) is 0 Å². The summed E-state index contributed by atoms with van der Waals surface area (Å²) in [5.74, 6) is 0.279. The van der Waals surface area contributed by atoms with Crippen molar-refractivity contribution >= 4 is 10.1 Å². The van der Waals surface area contributed by atoms with E-state index in [1.54, 1.807) is 25.2 Å². The highest BCUT2D eigenvalue weighted by molar-refractivity contribution is 7.90. The van der Waals surface area contributed by atoms with Crippen molar-refractivity contribution in [3.8, 4) is 0 Å². The molecule has 4 nitrogen and oxygen atoms in total. The molecule has 0 saturated carbocycles.